The first-order chi connectivity index (χ1) is 7.84. The molecule has 0 fully saturated rings. The number of unbranched alkanes of at least 4 members (excludes halogenated alkanes) is 4. The van der Waals surface area contributed by atoms with E-state index >= 15 is 0 Å². The zero-order valence-corrected chi connectivity index (χ0v) is 10.5. The van der Waals surface area contributed by atoms with Crippen LogP contribution in [0.3, 0.4) is 0 Å². The molecule has 1 aromatic rings. The highest BCUT2D eigenvalue weighted by Crippen LogP contribution is 2.21. The van der Waals surface area contributed by atoms with Crippen molar-refractivity contribution in [1.29, 1.82) is 0 Å². The van der Waals surface area contributed by atoms with E-state index in [9.17, 15) is 0 Å². The first-order valence-corrected chi connectivity index (χ1v) is 6.50. The summed E-state index contributed by atoms with van der Waals surface area (Å²) in [6.07, 6.45) is 9.90. The van der Waals surface area contributed by atoms with Crippen LogP contribution in [-0.2, 0) is 0 Å². The second-order valence-corrected chi connectivity index (χ2v) is 4.59. The van der Waals surface area contributed by atoms with Crippen LogP contribution < -0.4 is 0 Å². The minimum absolute atomic E-state index is 0.709. The number of benzene rings is 1. The normalized spacial score (nSPS) is 12.3. The van der Waals surface area contributed by atoms with E-state index in [2.05, 4.69) is 43.8 Å². The summed E-state index contributed by atoms with van der Waals surface area (Å²) in [4.78, 5) is 0. The fourth-order valence-electron chi connectivity index (χ4n) is 2.04. The molecule has 0 bridgehead atoms. The third-order valence-electron chi connectivity index (χ3n) is 3.16. The van der Waals surface area contributed by atoms with Crippen molar-refractivity contribution in [2.24, 2.45) is 0 Å². The SMILES string of the molecule is C=CCCCCCCC(C)c1ccccc1. The Morgan fingerprint density at radius 2 is 1.75 bits per heavy atom. The molecule has 1 aromatic carbocycles. The highest BCUT2D eigenvalue weighted by atomic mass is 14.1. The summed E-state index contributed by atoms with van der Waals surface area (Å²) in [6.45, 7) is 6.08. The van der Waals surface area contributed by atoms with E-state index in [1.54, 1.807) is 0 Å². The molecule has 0 saturated heterocycles. The van der Waals surface area contributed by atoms with Crippen LogP contribution in [0.1, 0.15) is 56.9 Å². The molecule has 0 aliphatic rings. The molecule has 0 N–H and O–H groups in total. The maximum Gasteiger partial charge on any atom is -0.0190 e. The Kier molecular flexibility index (Phi) is 6.64. The molecule has 0 spiro atoms. The Balaban J connectivity index is 2.11. The fourth-order valence-corrected chi connectivity index (χ4v) is 2.04. The number of hydrogen-bond acceptors (Lipinski definition) is 0. The molecule has 0 amide bonds. The van der Waals surface area contributed by atoms with Crippen molar-refractivity contribution in [2.75, 3.05) is 0 Å². The summed E-state index contributed by atoms with van der Waals surface area (Å²) >= 11 is 0. The van der Waals surface area contributed by atoms with Gasteiger partial charge in [-0.1, -0.05) is 62.6 Å². The molecule has 16 heavy (non-hydrogen) atoms. The molecule has 1 atom stereocenters. The second-order valence-electron chi connectivity index (χ2n) is 4.59. The molecule has 1 rings (SSSR count). The van der Waals surface area contributed by atoms with Gasteiger partial charge in [0.15, 0.2) is 0 Å². The van der Waals surface area contributed by atoms with Crippen molar-refractivity contribution < 1.29 is 0 Å². The lowest BCUT2D eigenvalue weighted by molar-refractivity contribution is 0.572. The molecule has 0 nitrogen and oxygen atoms in total. The van der Waals surface area contributed by atoms with E-state index in [1.165, 1.54) is 44.1 Å². The Labute approximate surface area is 100 Å². The van der Waals surface area contributed by atoms with Crippen LogP contribution in [0.2, 0.25) is 0 Å². The number of rotatable bonds is 8. The Hall–Kier alpha value is -1.04. The highest BCUT2D eigenvalue weighted by molar-refractivity contribution is 5.18. The van der Waals surface area contributed by atoms with E-state index in [1.807, 2.05) is 6.08 Å². The van der Waals surface area contributed by atoms with Gasteiger partial charge in [-0.25, -0.2) is 0 Å². The van der Waals surface area contributed by atoms with Crippen LogP contribution in [-0.4, -0.2) is 0 Å². The monoisotopic (exact) mass is 216 g/mol. The molecule has 0 heteroatoms. The average molecular weight is 216 g/mol. The molecule has 1 unspecified atom stereocenters. The van der Waals surface area contributed by atoms with Gasteiger partial charge in [-0.05, 0) is 30.7 Å². The molecule has 0 aliphatic carbocycles. The van der Waals surface area contributed by atoms with Gasteiger partial charge in [0, 0.05) is 0 Å². The topological polar surface area (TPSA) is 0 Å². The van der Waals surface area contributed by atoms with Gasteiger partial charge in [0.2, 0.25) is 0 Å². The maximum absolute atomic E-state index is 3.75. The summed E-state index contributed by atoms with van der Waals surface area (Å²) in [6, 6.07) is 10.8. The molecule has 0 saturated carbocycles. The molecular formula is C16H24. The number of hydrogen-bond donors (Lipinski definition) is 0. The first kappa shape index (κ1) is 13.0. The van der Waals surface area contributed by atoms with E-state index < -0.39 is 0 Å². The van der Waals surface area contributed by atoms with E-state index in [0.717, 1.165) is 0 Å². The van der Waals surface area contributed by atoms with E-state index in [4.69, 9.17) is 0 Å². The van der Waals surface area contributed by atoms with Crippen molar-refractivity contribution >= 4 is 0 Å². The van der Waals surface area contributed by atoms with Gasteiger partial charge in [0.1, 0.15) is 0 Å². The predicted molar refractivity (Wildman–Crippen MR) is 72.8 cm³/mol. The number of allylic oxidation sites excluding steroid dienone is 1. The molecule has 0 radical (unpaired) electrons. The van der Waals surface area contributed by atoms with Gasteiger partial charge >= 0.3 is 0 Å². The Morgan fingerprint density at radius 3 is 2.44 bits per heavy atom. The van der Waals surface area contributed by atoms with Crippen molar-refractivity contribution in [1.82, 2.24) is 0 Å². The lowest BCUT2D eigenvalue weighted by atomic mass is 9.95. The van der Waals surface area contributed by atoms with Gasteiger partial charge < -0.3 is 0 Å². The van der Waals surface area contributed by atoms with Crippen LogP contribution in [0.4, 0.5) is 0 Å². The lowest BCUT2D eigenvalue weighted by Gasteiger charge is -2.11. The lowest BCUT2D eigenvalue weighted by Crippen LogP contribution is -1.93. The van der Waals surface area contributed by atoms with Crippen LogP contribution in [0, 0.1) is 0 Å². The summed E-state index contributed by atoms with van der Waals surface area (Å²) < 4.78 is 0. The first-order valence-electron chi connectivity index (χ1n) is 6.50. The third-order valence-corrected chi connectivity index (χ3v) is 3.16. The van der Waals surface area contributed by atoms with Gasteiger partial charge in [0.05, 0.1) is 0 Å². The maximum atomic E-state index is 3.75. The average Bonchev–Trinajstić information content (AvgIpc) is 2.34. The van der Waals surface area contributed by atoms with E-state index in [0.29, 0.717) is 5.92 Å². The smallest absolute Gasteiger partial charge is 0.0190 e. The summed E-state index contributed by atoms with van der Waals surface area (Å²) in [5, 5.41) is 0. The van der Waals surface area contributed by atoms with Crippen LogP contribution in [0.5, 0.6) is 0 Å². The van der Waals surface area contributed by atoms with E-state index in [-0.39, 0.29) is 0 Å². The van der Waals surface area contributed by atoms with Gasteiger partial charge in [-0.3, -0.25) is 0 Å². The quantitative estimate of drug-likeness (QED) is 0.407. The van der Waals surface area contributed by atoms with Crippen LogP contribution in [0.25, 0.3) is 0 Å². The zero-order valence-electron chi connectivity index (χ0n) is 10.5. The third kappa shape index (κ3) is 5.16. The molecule has 88 valence electrons. The van der Waals surface area contributed by atoms with Crippen molar-refractivity contribution in [3.63, 3.8) is 0 Å². The molecular weight excluding hydrogens is 192 g/mol. The van der Waals surface area contributed by atoms with Crippen molar-refractivity contribution in [3.05, 3.63) is 48.6 Å². The Bertz CT molecular complexity index is 273. The standard InChI is InChI=1S/C16H24/c1-3-4-5-6-7-9-12-15(2)16-13-10-8-11-14-16/h3,8,10-11,13-15H,1,4-7,9,12H2,2H3. The molecule has 0 aromatic heterocycles. The largest absolute Gasteiger partial charge is 0.103 e. The summed E-state index contributed by atoms with van der Waals surface area (Å²) in [5.41, 5.74) is 1.48. The molecule has 0 heterocycles. The zero-order chi connectivity index (χ0) is 11.6. The summed E-state index contributed by atoms with van der Waals surface area (Å²) in [5.74, 6) is 0.709. The van der Waals surface area contributed by atoms with Crippen molar-refractivity contribution in [3.8, 4) is 0 Å². The molecule has 0 aliphatic heterocycles. The van der Waals surface area contributed by atoms with Crippen LogP contribution in [0.15, 0.2) is 43.0 Å². The predicted octanol–water partition coefficient (Wildman–Crippen LogP) is 5.32. The van der Waals surface area contributed by atoms with Gasteiger partial charge in [0.25, 0.3) is 0 Å². The summed E-state index contributed by atoms with van der Waals surface area (Å²) in [7, 11) is 0. The van der Waals surface area contributed by atoms with Crippen LogP contribution >= 0.6 is 0 Å². The second kappa shape index (κ2) is 8.15. The van der Waals surface area contributed by atoms with Gasteiger partial charge in [-0.15, -0.1) is 6.58 Å². The minimum atomic E-state index is 0.709. The van der Waals surface area contributed by atoms with Gasteiger partial charge in [-0.2, -0.15) is 0 Å². The van der Waals surface area contributed by atoms with Crippen molar-refractivity contribution in [2.45, 2.75) is 51.4 Å². The minimum Gasteiger partial charge on any atom is -0.103 e. The fraction of sp³-hybridized carbons (Fsp3) is 0.500. The highest BCUT2D eigenvalue weighted by Gasteiger charge is 2.03. The Morgan fingerprint density at radius 1 is 1.06 bits per heavy atom.